The number of carbonyl (C=O) groups is 1. The summed E-state index contributed by atoms with van der Waals surface area (Å²) in [6, 6.07) is 19.7. The number of benzene rings is 3. The number of anilines is 2. The molecule has 180 valence electrons. The quantitative estimate of drug-likeness (QED) is 0.438. The summed E-state index contributed by atoms with van der Waals surface area (Å²) in [5.74, 6) is 0.949. The van der Waals surface area contributed by atoms with Crippen LogP contribution in [0.25, 0.3) is 0 Å². The zero-order chi connectivity index (χ0) is 24.5. The number of nitrogens with one attached hydrogen (secondary N) is 2. The van der Waals surface area contributed by atoms with Gasteiger partial charge < -0.3 is 20.1 Å². The van der Waals surface area contributed by atoms with Gasteiger partial charge in [0.2, 0.25) is 0 Å². The second-order valence-electron chi connectivity index (χ2n) is 9.27. The summed E-state index contributed by atoms with van der Waals surface area (Å²) >= 11 is 0. The van der Waals surface area contributed by atoms with Gasteiger partial charge in [-0.25, -0.2) is 4.39 Å². The number of ketones is 1. The molecule has 3 aromatic carbocycles. The normalized spacial score (nSPS) is 19.3. The van der Waals surface area contributed by atoms with Gasteiger partial charge in [-0.05, 0) is 62.1 Å². The molecule has 1 heterocycles. The fourth-order valence-corrected chi connectivity index (χ4v) is 4.96. The summed E-state index contributed by atoms with van der Waals surface area (Å²) in [5.41, 5.74) is 4.57. The van der Waals surface area contributed by atoms with E-state index in [1.165, 1.54) is 6.07 Å². The van der Waals surface area contributed by atoms with Crippen LogP contribution in [0, 0.1) is 5.82 Å². The van der Waals surface area contributed by atoms with Crippen LogP contribution in [0.4, 0.5) is 15.8 Å². The average Bonchev–Trinajstić information content (AvgIpc) is 3.01. The fraction of sp³-hybridized carbons (Fsp3) is 0.276. The maximum absolute atomic E-state index is 14.9. The number of allylic oxidation sites excluding steroid dienone is 1. The second kappa shape index (κ2) is 9.45. The molecule has 2 unspecified atom stereocenters. The smallest absolute Gasteiger partial charge is 0.163 e. The number of carbonyl (C=O) groups excluding carboxylic acids is 1. The third-order valence-corrected chi connectivity index (χ3v) is 6.55. The first-order valence-corrected chi connectivity index (χ1v) is 11.9. The highest BCUT2D eigenvalue weighted by Gasteiger charge is 2.37. The number of rotatable bonds is 5. The lowest BCUT2D eigenvalue weighted by atomic mass is 9.78. The van der Waals surface area contributed by atoms with E-state index in [9.17, 15) is 9.18 Å². The molecule has 3 aromatic rings. The van der Waals surface area contributed by atoms with Crippen molar-refractivity contribution in [3.05, 3.63) is 94.9 Å². The van der Waals surface area contributed by atoms with Gasteiger partial charge in [-0.2, -0.15) is 0 Å². The van der Waals surface area contributed by atoms with Crippen molar-refractivity contribution < 1.29 is 18.7 Å². The molecule has 2 N–H and O–H groups in total. The van der Waals surface area contributed by atoms with Crippen LogP contribution >= 0.6 is 0 Å². The Morgan fingerprint density at radius 1 is 0.943 bits per heavy atom. The topological polar surface area (TPSA) is 59.6 Å². The van der Waals surface area contributed by atoms with Crippen molar-refractivity contribution in [2.75, 3.05) is 17.7 Å². The Kier molecular flexibility index (Phi) is 6.20. The first-order chi connectivity index (χ1) is 16.9. The van der Waals surface area contributed by atoms with E-state index in [-0.39, 0.29) is 23.6 Å². The lowest BCUT2D eigenvalue weighted by molar-refractivity contribution is -0.116. The summed E-state index contributed by atoms with van der Waals surface area (Å²) in [7, 11) is 1.62. The molecule has 35 heavy (non-hydrogen) atoms. The molecule has 6 heteroatoms. The molecule has 0 aromatic heterocycles. The number of halogens is 1. The van der Waals surface area contributed by atoms with Crippen molar-refractivity contribution in [3.63, 3.8) is 0 Å². The van der Waals surface area contributed by atoms with Gasteiger partial charge >= 0.3 is 0 Å². The molecular formula is C29H29FN2O3. The zero-order valence-corrected chi connectivity index (χ0v) is 20.1. The van der Waals surface area contributed by atoms with Gasteiger partial charge in [0, 0.05) is 23.3 Å². The number of para-hydroxylation sites is 2. The van der Waals surface area contributed by atoms with Gasteiger partial charge in [-0.3, -0.25) is 4.79 Å². The first-order valence-electron chi connectivity index (χ1n) is 11.9. The molecule has 0 radical (unpaired) electrons. The van der Waals surface area contributed by atoms with Gasteiger partial charge in [0.1, 0.15) is 5.82 Å². The van der Waals surface area contributed by atoms with Crippen LogP contribution < -0.4 is 20.1 Å². The molecule has 1 aliphatic carbocycles. The maximum Gasteiger partial charge on any atom is 0.163 e. The monoisotopic (exact) mass is 472 g/mol. The summed E-state index contributed by atoms with van der Waals surface area (Å²) in [4.78, 5) is 13.7. The summed E-state index contributed by atoms with van der Waals surface area (Å²) in [6.45, 7) is 3.94. The zero-order valence-electron chi connectivity index (χ0n) is 20.1. The third-order valence-electron chi connectivity index (χ3n) is 6.55. The molecule has 1 aliphatic heterocycles. The van der Waals surface area contributed by atoms with Crippen LogP contribution in [0.1, 0.15) is 49.8 Å². The predicted octanol–water partition coefficient (Wildman–Crippen LogP) is 6.60. The van der Waals surface area contributed by atoms with Crippen LogP contribution in [-0.4, -0.2) is 19.0 Å². The molecule has 0 fully saturated rings. The summed E-state index contributed by atoms with van der Waals surface area (Å²) < 4.78 is 26.3. The van der Waals surface area contributed by atoms with Gasteiger partial charge in [0.15, 0.2) is 17.3 Å². The Hall–Kier alpha value is -3.80. The molecule has 0 spiro atoms. The van der Waals surface area contributed by atoms with Gasteiger partial charge in [-0.1, -0.05) is 36.4 Å². The van der Waals surface area contributed by atoms with E-state index >= 15 is 0 Å². The second-order valence-corrected chi connectivity index (χ2v) is 9.27. The van der Waals surface area contributed by atoms with Crippen molar-refractivity contribution in [1.29, 1.82) is 0 Å². The summed E-state index contributed by atoms with van der Waals surface area (Å²) in [5, 5.41) is 6.92. The first kappa shape index (κ1) is 23.0. The molecule has 0 amide bonds. The standard InChI is InChI=1S/C29H29FN2O3/c1-17(2)35-26-13-12-18(16-27(26)34-3)19-14-24-28(25(33)15-19)29(20-8-4-5-9-21(20)30)32-23-11-7-6-10-22(23)31-24/h4-13,16-17,19,29,31-32H,14-15H2,1-3H3. The Bertz CT molecular complexity index is 1300. The Morgan fingerprint density at radius 3 is 2.43 bits per heavy atom. The minimum absolute atomic E-state index is 0.00113. The number of methoxy groups -OCH3 is 1. The third kappa shape index (κ3) is 4.48. The fourth-order valence-electron chi connectivity index (χ4n) is 4.96. The number of ether oxygens (including phenoxy) is 2. The number of hydrogen-bond donors (Lipinski definition) is 2. The number of Topliss-reactive ketones (excluding diaryl/α,β-unsaturated/α-hetero) is 1. The van der Waals surface area contributed by atoms with E-state index < -0.39 is 6.04 Å². The molecule has 2 atom stereocenters. The van der Waals surface area contributed by atoms with Crippen LogP contribution in [-0.2, 0) is 4.79 Å². The van der Waals surface area contributed by atoms with Crippen molar-refractivity contribution in [2.24, 2.45) is 0 Å². The average molecular weight is 473 g/mol. The van der Waals surface area contributed by atoms with E-state index in [0.29, 0.717) is 35.5 Å². The van der Waals surface area contributed by atoms with E-state index in [1.54, 1.807) is 25.3 Å². The van der Waals surface area contributed by atoms with E-state index in [2.05, 4.69) is 10.6 Å². The maximum atomic E-state index is 14.9. The van der Waals surface area contributed by atoms with Crippen LogP contribution in [0.15, 0.2) is 78.0 Å². The molecule has 2 aliphatic rings. The van der Waals surface area contributed by atoms with E-state index in [1.807, 2.05) is 56.3 Å². The molecule has 5 nitrogen and oxygen atoms in total. The van der Waals surface area contributed by atoms with E-state index in [0.717, 1.165) is 22.6 Å². The van der Waals surface area contributed by atoms with Gasteiger partial charge in [-0.15, -0.1) is 0 Å². The number of fused-ring (bicyclic) bond motifs is 1. The molecule has 0 saturated carbocycles. The minimum Gasteiger partial charge on any atom is -0.493 e. The highest BCUT2D eigenvalue weighted by molar-refractivity contribution is 6.01. The molecular weight excluding hydrogens is 443 g/mol. The van der Waals surface area contributed by atoms with Crippen LogP contribution in [0.5, 0.6) is 11.5 Å². The predicted molar refractivity (Wildman–Crippen MR) is 136 cm³/mol. The Balaban J connectivity index is 1.56. The van der Waals surface area contributed by atoms with Crippen molar-refractivity contribution in [2.45, 2.75) is 44.8 Å². The molecule has 5 rings (SSSR count). The Labute approximate surface area is 205 Å². The lowest BCUT2D eigenvalue weighted by Gasteiger charge is -2.30. The molecule has 0 saturated heterocycles. The van der Waals surface area contributed by atoms with Gasteiger partial charge in [0.05, 0.1) is 30.6 Å². The van der Waals surface area contributed by atoms with Crippen molar-refractivity contribution >= 4 is 17.2 Å². The Morgan fingerprint density at radius 2 is 1.69 bits per heavy atom. The van der Waals surface area contributed by atoms with Crippen molar-refractivity contribution in [3.8, 4) is 11.5 Å². The number of hydrogen-bond acceptors (Lipinski definition) is 5. The SMILES string of the molecule is COc1cc(C2CC(=O)C3=C(C2)Nc2ccccc2NC3c2ccccc2F)ccc1OC(C)C. The van der Waals surface area contributed by atoms with Crippen LogP contribution in [0.2, 0.25) is 0 Å². The molecule has 0 bridgehead atoms. The lowest BCUT2D eigenvalue weighted by Crippen LogP contribution is -2.27. The van der Waals surface area contributed by atoms with Crippen molar-refractivity contribution in [1.82, 2.24) is 0 Å². The van der Waals surface area contributed by atoms with E-state index in [4.69, 9.17) is 9.47 Å². The van der Waals surface area contributed by atoms with Crippen LogP contribution in [0.3, 0.4) is 0 Å². The largest absolute Gasteiger partial charge is 0.493 e. The summed E-state index contributed by atoms with van der Waals surface area (Å²) in [6.07, 6.45) is 0.976. The minimum atomic E-state index is -0.577. The highest BCUT2D eigenvalue weighted by Crippen LogP contribution is 2.45. The highest BCUT2D eigenvalue weighted by atomic mass is 19.1. The van der Waals surface area contributed by atoms with Gasteiger partial charge in [0.25, 0.3) is 0 Å².